The Morgan fingerprint density at radius 3 is 2.69 bits per heavy atom. The normalized spacial score (nSPS) is 20.0. The molecule has 2 aliphatic heterocycles. The third kappa shape index (κ3) is 4.48. The number of likely N-dealkylation sites (tertiary alicyclic amines) is 1. The number of aromatic nitrogens is 3. The molecule has 4 rings (SSSR count). The van der Waals surface area contributed by atoms with Gasteiger partial charge >= 0.3 is 6.01 Å². The Morgan fingerprint density at radius 1 is 1.24 bits per heavy atom. The lowest BCUT2D eigenvalue weighted by Gasteiger charge is -2.32. The number of hydrogen-bond donors (Lipinski definition) is 0. The van der Waals surface area contributed by atoms with E-state index >= 15 is 0 Å². The summed E-state index contributed by atoms with van der Waals surface area (Å²) in [6.45, 7) is 4.12. The van der Waals surface area contributed by atoms with Gasteiger partial charge in [-0.2, -0.15) is 0 Å². The van der Waals surface area contributed by atoms with Crippen LogP contribution in [0, 0.1) is 6.92 Å². The number of carbonyl (C=O) groups is 1. The molecular formula is C21H26N4O4. The molecule has 2 aliphatic rings. The van der Waals surface area contributed by atoms with Crippen molar-refractivity contribution in [2.24, 2.45) is 0 Å². The predicted octanol–water partition coefficient (Wildman–Crippen LogP) is 1.81. The van der Waals surface area contributed by atoms with Crippen molar-refractivity contribution in [3.8, 4) is 6.01 Å². The summed E-state index contributed by atoms with van der Waals surface area (Å²) in [5.74, 6) is -0.205. The number of nitrogens with zero attached hydrogens (tertiary/aromatic N) is 4. The molecular weight excluding hydrogens is 372 g/mol. The lowest BCUT2D eigenvalue weighted by molar-refractivity contribution is 0.0574. The zero-order valence-electron chi connectivity index (χ0n) is 16.6. The van der Waals surface area contributed by atoms with Gasteiger partial charge in [-0.05, 0) is 37.5 Å². The summed E-state index contributed by atoms with van der Waals surface area (Å²) in [6, 6.07) is 3.93. The first-order valence-electron chi connectivity index (χ1n) is 10.2. The maximum atomic E-state index is 13.1. The van der Waals surface area contributed by atoms with Crippen LogP contribution in [-0.2, 0) is 11.3 Å². The van der Waals surface area contributed by atoms with Crippen LogP contribution in [0.2, 0.25) is 0 Å². The minimum absolute atomic E-state index is 0.0329. The van der Waals surface area contributed by atoms with Crippen LogP contribution in [0.4, 0.5) is 0 Å². The van der Waals surface area contributed by atoms with E-state index in [0.717, 1.165) is 19.4 Å². The van der Waals surface area contributed by atoms with Crippen molar-refractivity contribution < 1.29 is 14.3 Å². The monoisotopic (exact) mass is 398 g/mol. The van der Waals surface area contributed by atoms with E-state index in [1.807, 2.05) is 13.0 Å². The van der Waals surface area contributed by atoms with Gasteiger partial charge in [-0.15, -0.1) is 0 Å². The highest BCUT2D eigenvalue weighted by Gasteiger charge is 2.28. The number of piperidine rings is 1. The van der Waals surface area contributed by atoms with Gasteiger partial charge < -0.3 is 18.9 Å². The maximum Gasteiger partial charge on any atom is 0.316 e. The fourth-order valence-electron chi connectivity index (χ4n) is 3.91. The SMILES string of the molecule is Cc1ccn(CC2CCCO2)c(=O)c1C(=O)N1CCC(Oc2ncccn2)CC1. The van der Waals surface area contributed by atoms with E-state index in [2.05, 4.69) is 9.97 Å². The van der Waals surface area contributed by atoms with Gasteiger partial charge in [-0.3, -0.25) is 9.59 Å². The van der Waals surface area contributed by atoms with Crippen molar-refractivity contribution in [3.05, 3.63) is 52.2 Å². The van der Waals surface area contributed by atoms with E-state index in [0.29, 0.717) is 44.0 Å². The molecule has 8 nitrogen and oxygen atoms in total. The van der Waals surface area contributed by atoms with Crippen LogP contribution in [0.3, 0.4) is 0 Å². The number of carbonyl (C=O) groups excluding carboxylic acids is 1. The van der Waals surface area contributed by atoms with Crippen LogP contribution in [0.5, 0.6) is 6.01 Å². The van der Waals surface area contributed by atoms with Crippen molar-refractivity contribution in [2.45, 2.75) is 51.4 Å². The molecule has 1 unspecified atom stereocenters. The minimum Gasteiger partial charge on any atom is -0.460 e. The van der Waals surface area contributed by atoms with Gasteiger partial charge in [0, 0.05) is 51.1 Å². The Kier molecular flexibility index (Phi) is 5.89. The molecule has 0 bridgehead atoms. The van der Waals surface area contributed by atoms with Crippen molar-refractivity contribution >= 4 is 5.91 Å². The second kappa shape index (κ2) is 8.73. The fourth-order valence-corrected chi connectivity index (χ4v) is 3.91. The maximum absolute atomic E-state index is 13.1. The molecule has 0 N–H and O–H groups in total. The highest BCUT2D eigenvalue weighted by atomic mass is 16.5. The molecule has 2 saturated heterocycles. The molecule has 154 valence electrons. The molecule has 0 spiro atoms. The minimum atomic E-state index is -0.235. The second-order valence-electron chi connectivity index (χ2n) is 7.61. The number of aryl methyl sites for hydroxylation is 1. The largest absolute Gasteiger partial charge is 0.460 e. The van der Waals surface area contributed by atoms with Gasteiger partial charge in [-0.25, -0.2) is 9.97 Å². The zero-order valence-corrected chi connectivity index (χ0v) is 16.6. The number of amides is 1. The van der Waals surface area contributed by atoms with Crippen LogP contribution < -0.4 is 10.3 Å². The van der Waals surface area contributed by atoms with E-state index in [1.165, 1.54) is 0 Å². The molecule has 29 heavy (non-hydrogen) atoms. The molecule has 0 saturated carbocycles. The first kappa shape index (κ1) is 19.6. The summed E-state index contributed by atoms with van der Waals surface area (Å²) < 4.78 is 13.0. The van der Waals surface area contributed by atoms with Gasteiger partial charge in [0.15, 0.2) is 0 Å². The van der Waals surface area contributed by atoms with Crippen LogP contribution in [0.1, 0.15) is 41.6 Å². The second-order valence-corrected chi connectivity index (χ2v) is 7.61. The average molecular weight is 398 g/mol. The van der Waals surface area contributed by atoms with Gasteiger partial charge in [0.2, 0.25) is 0 Å². The lowest BCUT2D eigenvalue weighted by atomic mass is 10.0. The molecule has 0 aromatic carbocycles. The number of ether oxygens (including phenoxy) is 2. The standard InChI is InChI=1S/C21H26N4O4/c1-15-5-10-25(14-17-4-2-13-28-17)20(27)18(15)19(26)24-11-6-16(7-12-24)29-21-22-8-3-9-23-21/h3,5,8-10,16-17H,2,4,6-7,11-14H2,1H3. The quantitative estimate of drug-likeness (QED) is 0.764. The van der Waals surface area contributed by atoms with Crippen LogP contribution in [0.15, 0.2) is 35.5 Å². The molecule has 2 aromatic rings. The molecule has 0 aliphatic carbocycles. The summed E-state index contributed by atoms with van der Waals surface area (Å²) >= 11 is 0. The number of rotatable bonds is 5. The van der Waals surface area contributed by atoms with Gasteiger partial charge in [0.1, 0.15) is 11.7 Å². The lowest BCUT2D eigenvalue weighted by Crippen LogP contribution is -2.44. The van der Waals surface area contributed by atoms with Gasteiger partial charge in [0.05, 0.1) is 12.6 Å². The van der Waals surface area contributed by atoms with Crippen molar-refractivity contribution in [2.75, 3.05) is 19.7 Å². The Labute approximate surface area is 169 Å². The summed E-state index contributed by atoms with van der Waals surface area (Å²) in [5, 5.41) is 0. The Balaban J connectivity index is 1.42. The summed E-state index contributed by atoms with van der Waals surface area (Å²) in [4.78, 5) is 36.0. The highest BCUT2D eigenvalue weighted by Crippen LogP contribution is 2.18. The first-order chi connectivity index (χ1) is 14.1. The van der Waals surface area contributed by atoms with E-state index in [1.54, 1.807) is 34.1 Å². The molecule has 4 heterocycles. The Hall–Kier alpha value is -2.74. The predicted molar refractivity (Wildman–Crippen MR) is 106 cm³/mol. The van der Waals surface area contributed by atoms with Crippen LogP contribution in [-0.4, -0.2) is 57.2 Å². The topological polar surface area (TPSA) is 86.5 Å². The molecule has 1 atom stereocenters. The highest BCUT2D eigenvalue weighted by molar-refractivity contribution is 5.95. The molecule has 2 aromatic heterocycles. The summed E-state index contributed by atoms with van der Waals surface area (Å²) in [7, 11) is 0. The molecule has 8 heteroatoms. The average Bonchev–Trinajstić information content (AvgIpc) is 3.25. The van der Waals surface area contributed by atoms with E-state index in [-0.39, 0.29) is 29.2 Å². The smallest absolute Gasteiger partial charge is 0.316 e. The zero-order chi connectivity index (χ0) is 20.2. The first-order valence-corrected chi connectivity index (χ1v) is 10.2. The molecule has 0 radical (unpaired) electrons. The fraction of sp³-hybridized carbons (Fsp3) is 0.524. The van der Waals surface area contributed by atoms with E-state index in [4.69, 9.17) is 9.47 Å². The summed E-state index contributed by atoms with van der Waals surface area (Å²) in [5.41, 5.74) is 0.734. The van der Waals surface area contributed by atoms with Crippen molar-refractivity contribution in [1.82, 2.24) is 19.4 Å². The van der Waals surface area contributed by atoms with Gasteiger partial charge in [-0.1, -0.05) is 0 Å². The number of pyridine rings is 1. The van der Waals surface area contributed by atoms with Gasteiger partial charge in [0.25, 0.3) is 11.5 Å². The third-order valence-electron chi connectivity index (χ3n) is 5.56. The third-order valence-corrected chi connectivity index (χ3v) is 5.56. The molecule has 1 amide bonds. The Morgan fingerprint density at radius 2 is 2.00 bits per heavy atom. The van der Waals surface area contributed by atoms with E-state index in [9.17, 15) is 9.59 Å². The van der Waals surface area contributed by atoms with Crippen LogP contribution in [0.25, 0.3) is 0 Å². The summed E-state index contributed by atoms with van der Waals surface area (Å²) in [6.07, 6.45) is 8.38. The number of hydrogen-bond acceptors (Lipinski definition) is 6. The molecule has 2 fully saturated rings. The van der Waals surface area contributed by atoms with Crippen molar-refractivity contribution in [3.63, 3.8) is 0 Å². The Bertz CT molecular complexity index is 901. The van der Waals surface area contributed by atoms with E-state index < -0.39 is 0 Å². The van der Waals surface area contributed by atoms with Crippen LogP contribution >= 0.6 is 0 Å². The van der Waals surface area contributed by atoms with Crippen molar-refractivity contribution in [1.29, 1.82) is 0 Å².